The molecule has 6 aliphatic rings. The smallest absolute Gasteiger partial charge is 0.169 e. The van der Waals surface area contributed by atoms with Gasteiger partial charge in [-0.2, -0.15) is 0 Å². The summed E-state index contributed by atoms with van der Waals surface area (Å²) < 4.78 is 5.30. The molecule has 6 aliphatic carbocycles. The summed E-state index contributed by atoms with van der Waals surface area (Å²) in [7, 11) is 0. The number of carbonyl (C=O) groups is 1. The third-order valence-corrected chi connectivity index (χ3v) is 18.8. The number of ketones is 1. The fourth-order valence-electron chi connectivity index (χ4n) is 15.3. The van der Waals surface area contributed by atoms with E-state index in [-0.39, 0.29) is 21.7 Å². The summed E-state index contributed by atoms with van der Waals surface area (Å²) in [5.41, 5.74) is 23.1. The van der Waals surface area contributed by atoms with Crippen LogP contribution in [-0.2, 0) is 23.7 Å². The highest BCUT2D eigenvalue weighted by atomic mass is 16.1. The summed E-state index contributed by atoms with van der Waals surface area (Å²) in [6, 6.07) is 27.6. The van der Waals surface area contributed by atoms with Gasteiger partial charge in [0.1, 0.15) is 0 Å². The minimum Gasteiger partial charge on any atom is -0.308 e. The van der Waals surface area contributed by atoms with Crippen molar-refractivity contribution in [3.63, 3.8) is 0 Å². The second-order valence-corrected chi connectivity index (χ2v) is 25.5. The first kappa shape index (κ1) is 43.6. The normalized spacial score (nSPS) is 22.7. The zero-order chi connectivity index (χ0) is 48.2. The van der Waals surface area contributed by atoms with E-state index < -0.39 is 0 Å². The van der Waals surface area contributed by atoms with Crippen LogP contribution in [0.2, 0.25) is 0 Å². The van der Waals surface area contributed by atoms with Crippen molar-refractivity contribution in [2.45, 2.75) is 177 Å². The molecule has 0 N–H and O–H groups in total. The highest BCUT2D eigenvalue weighted by molar-refractivity contribution is 6.30. The number of aromatic nitrogens is 2. The zero-order valence-corrected chi connectivity index (χ0v) is 43.9. The Morgan fingerprint density at radius 2 is 1.09 bits per heavy atom. The Bertz CT molecular complexity index is 3830. The number of benzene rings is 6. The van der Waals surface area contributed by atoms with Crippen LogP contribution >= 0.6 is 0 Å². The molecule has 0 saturated heterocycles. The maximum atomic E-state index is 14.8. The Balaban J connectivity index is 0.00000232. The van der Waals surface area contributed by atoms with Crippen LogP contribution in [0.1, 0.15) is 194 Å². The molecular weight excluding hydrogens is 837 g/mol. The standard InChI is InChI=1S/C64H66N2O.C2H6/c1-12-35-21-33(2)54(34(3)22-35)38-23-44-41-28-49-47(60(67)64(11)19-17-63(49,10)18-20-64)31-52(41)65-50-30-43-46-26-40(62(7,8)9)27-48-57-53(66(59(46)48)51(43)29-42(50)45(24-38)58(44)65)25-39(32-61(4,5)6)55-36-13-15-37(16-14-36)56(55)57;1-2/h21-31,36-37H,12-20,32H2,1-11H3;1-2H3. The lowest BCUT2D eigenvalue weighted by Gasteiger charge is -2.41. The number of hydrogen-bond donors (Lipinski definition) is 0. The molecule has 4 heterocycles. The molecular formula is C66H72N2O. The molecule has 0 unspecified atom stereocenters. The molecule has 0 aliphatic heterocycles. The molecule has 352 valence electrons. The van der Waals surface area contributed by atoms with Gasteiger partial charge in [-0.1, -0.05) is 88.3 Å². The van der Waals surface area contributed by atoms with Crippen LogP contribution in [-0.4, -0.2) is 14.6 Å². The molecule has 4 bridgehead atoms. The monoisotopic (exact) mass is 909 g/mol. The van der Waals surface area contributed by atoms with E-state index in [9.17, 15) is 4.79 Å². The highest BCUT2D eigenvalue weighted by Crippen LogP contribution is 2.58. The number of nitrogens with zero attached hydrogens (tertiary/aromatic N) is 2. The Labute approximate surface area is 409 Å². The van der Waals surface area contributed by atoms with Gasteiger partial charge < -0.3 is 8.80 Å². The molecule has 69 heavy (non-hydrogen) atoms. The minimum atomic E-state index is -0.294. The average Bonchev–Trinajstić information content (AvgIpc) is 4.01. The number of aryl methyl sites for hydroxylation is 3. The van der Waals surface area contributed by atoms with Gasteiger partial charge in [-0.25, -0.2) is 0 Å². The second-order valence-electron chi connectivity index (χ2n) is 25.5. The lowest BCUT2D eigenvalue weighted by Crippen LogP contribution is -2.33. The van der Waals surface area contributed by atoms with Crippen LogP contribution < -0.4 is 0 Å². The van der Waals surface area contributed by atoms with Gasteiger partial charge in [-0.05, 0) is 216 Å². The van der Waals surface area contributed by atoms with Crippen LogP contribution in [0, 0.1) is 24.7 Å². The molecule has 2 fully saturated rings. The number of hydrogen-bond acceptors (Lipinski definition) is 1. The van der Waals surface area contributed by atoms with Crippen molar-refractivity contribution in [1.29, 1.82) is 0 Å². The summed E-state index contributed by atoms with van der Waals surface area (Å²) in [4.78, 5) is 14.8. The fraction of sp³-hybridized carbons (Fsp3) is 0.439. The van der Waals surface area contributed by atoms with Crippen molar-refractivity contribution in [1.82, 2.24) is 8.80 Å². The maximum Gasteiger partial charge on any atom is 0.169 e. The second kappa shape index (κ2) is 14.1. The summed E-state index contributed by atoms with van der Waals surface area (Å²) in [5, 5.41) is 10.9. The van der Waals surface area contributed by atoms with E-state index in [4.69, 9.17) is 0 Å². The quantitative estimate of drug-likeness (QED) is 0.173. The molecule has 0 amide bonds. The first-order valence-corrected chi connectivity index (χ1v) is 27.0. The lowest BCUT2D eigenvalue weighted by molar-refractivity contribution is 0.0732. The van der Waals surface area contributed by atoms with Gasteiger partial charge in [0.15, 0.2) is 5.78 Å². The summed E-state index contributed by atoms with van der Waals surface area (Å²) in [5.74, 6) is 1.67. The van der Waals surface area contributed by atoms with E-state index in [0.29, 0.717) is 17.6 Å². The van der Waals surface area contributed by atoms with Gasteiger partial charge in [-0.15, -0.1) is 0 Å². The molecule has 16 rings (SSSR count). The maximum absolute atomic E-state index is 14.8. The third kappa shape index (κ3) is 5.77. The largest absolute Gasteiger partial charge is 0.308 e. The first-order chi connectivity index (χ1) is 32.8. The van der Waals surface area contributed by atoms with E-state index in [1.54, 1.807) is 22.1 Å². The number of fused-ring (bicyclic) bond motifs is 16. The Hall–Kier alpha value is -5.41. The number of Topliss-reactive ketones (excluding diaryl/α,β-unsaturated/α-hetero) is 1. The van der Waals surface area contributed by atoms with Crippen LogP contribution in [0.4, 0.5) is 0 Å². The van der Waals surface area contributed by atoms with Gasteiger partial charge in [0.2, 0.25) is 0 Å². The van der Waals surface area contributed by atoms with Crippen molar-refractivity contribution < 1.29 is 4.79 Å². The van der Waals surface area contributed by atoms with Crippen LogP contribution in [0.3, 0.4) is 0 Å². The average molecular weight is 909 g/mol. The van der Waals surface area contributed by atoms with Crippen LogP contribution in [0.5, 0.6) is 0 Å². The van der Waals surface area contributed by atoms with E-state index in [0.717, 1.165) is 44.1 Å². The van der Waals surface area contributed by atoms with Crippen molar-refractivity contribution in [3.05, 3.63) is 117 Å². The summed E-state index contributed by atoms with van der Waals surface area (Å²) in [6.45, 7) is 30.0. The Morgan fingerprint density at radius 3 is 1.67 bits per heavy atom. The van der Waals surface area contributed by atoms with Gasteiger partial charge in [0, 0.05) is 54.1 Å². The van der Waals surface area contributed by atoms with Crippen LogP contribution in [0.15, 0.2) is 66.7 Å². The summed E-state index contributed by atoms with van der Waals surface area (Å²) >= 11 is 0. The molecule has 0 atom stereocenters. The Morgan fingerprint density at radius 1 is 0.580 bits per heavy atom. The molecule has 0 spiro atoms. The van der Waals surface area contributed by atoms with Gasteiger partial charge in [0.05, 0.1) is 33.1 Å². The highest BCUT2D eigenvalue weighted by Gasteiger charge is 2.49. The fourth-order valence-corrected chi connectivity index (χ4v) is 15.3. The number of carbonyl (C=O) groups excluding carboxylic acids is 1. The van der Waals surface area contributed by atoms with Crippen molar-refractivity contribution in [2.75, 3.05) is 0 Å². The summed E-state index contributed by atoms with van der Waals surface area (Å²) in [6.07, 6.45) is 11.5. The molecule has 0 radical (unpaired) electrons. The first-order valence-electron chi connectivity index (χ1n) is 27.0. The lowest BCUT2D eigenvalue weighted by atomic mass is 9.63. The number of rotatable bonds is 3. The molecule has 6 aromatic carbocycles. The van der Waals surface area contributed by atoms with E-state index in [2.05, 4.69) is 152 Å². The SMILES string of the molecule is CC.CCc1cc(C)c(-c2cc3c4cc5c(cc4n4c6cc7c8cc(C(C)(C)C)cc9c%10c%11c(c(CC(C)(C)C)cc%10n(c7cc6c(c2)c34)c89)C2CCC%11CC2)C(=O)C2(C)CCC5(C)CC2)c(C)c1. The van der Waals surface area contributed by atoms with Gasteiger partial charge in [-0.3, -0.25) is 4.79 Å². The molecule has 3 heteroatoms. The van der Waals surface area contributed by atoms with Gasteiger partial charge >= 0.3 is 0 Å². The van der Waals surface area contributed by atoms with Crippen molar-refractivity contribution in [3.8, 4) is 11.1 Å². The predicted octanol–water partition coefficient (Wildman–Crippen LogP) is 18.5. The van der Waals surface area contributed by atoms with Crippen molar-refractivity contribution in [2.24, 2.45) is 10.8 Å². The molecule has 3 nitrogen and oxygen atoms in total. The third-order valence-electron chi connectivity index (χ3n) is 18.8. The van der Waals surface area contributed by atoms with Crippen molar-refractivity contribution >= 4 is 82.0 Å². The van der Waals surface area contributed by atoms with E-state index in [1.807, 2.05) is 13.8 Å². The molecule has 4 aromatic heterocycles. The predicted molar refractivity (Wildman–Crippen MR) is 295 cm³/mol. The van der Waals surface area contributed by atoms with E-state index in [1.165, 1.54) is 135 Å². The molecule has 10 aromatic rings. The van der Waals surface area contributed by atoms with E-state index >= 15 is 0 Å². The Kier molecular flexibility index (Phi) is 8.93. The topological polar surface area (TPSA) is 25.9 Å². The molecule has 2 saturated carbocycles. The van der Waals surface area contributed by atoms with Gasteiger partial charge in [0.25, 0.3) is 0 Å². The zero-order valence-electron chi connectivity index (χ0n) is 43.9. The van der Waals surface area contributed by atoms with Crippen LogP contribution in [0.25, 0.3) is 87.3 Å². The minimum absolute atomic E-state index is 0.00128.